The van der Waals surface area contributed by atoms with Gasteiger partial charge in [0.15, 0.2) is 0 Å². The van der Waals surface area contributed by atoms with Crippen LogP contribution < -0.4 is 5.73 Å². The van der Waals surface area contributed by atoms with Crippen LogP contribution in [0.2, 0.25) is 10.0 Å². The molecule has 0 saturated heterocycles. The maximum Gasteiger partial charge on any atom is 0.238 e. The van der Waals surface area contributed by atoms with Crippen LogP contribution in [0.3, 0.4) is 0 Å². The fourth-order valence-corrected chi connectivity index (χ4v) is 4.21. The molecule has 0 bridgehead atoms. The molecule has 3 aromatic rings. The van der Waals surface area contributed by atoms with Crippen molar-refractivity contribution in [3.63, 3.8) is 0 Å². The lowest BCUT2D eigenvalue weighted by atomic mass is 9.69. The number of rotatable bonds is 5. The first kappa shape index (κ1) is 19.5. The van der Waals surface area contributed by atoms with Crippen molar-refractivity contribution in [2.45, 2.75) is 5.41 Å². The van der Waals surface area contributed by atoms with Crippen LogP contribution in [0.1, 0.15) is 16.7 Å². The number of primary amides is 1. The highest BCUT2D eigenvalue weighted by atomic mass is 35.5. The summed E-state index contributed by atoms with van der Waals surface area (Å²) in [7, 11) is 0. The van der Waals surface area contributed by atoms with E-state index in [0.29, 0.717) is 16.6 Å². The predicted molar refractivity (Wildman–Crippen MR) is 117 cm³/mol. The number of amides is 1. The molecule has 0 aliphatic carbocycles. The van der Waals surface area contributed by atoms with Gasteiger partial charge in [-0.05, 0) is 41.0 Å². The molecule has 4 nitrogen and oxygen atoms in total. The molecule has 0 fully saturated rings. The highest BCUT2D eigenvalue weighted by molar-refractivity contribution is 6.31. The molecule has 6 heteroatoms. The Kier molecular flexibility index (Phi) is 5.31. The molecular weight excluding hydrogens is 405 g/mol. The summed E-state index contributed by atoms with van der Waals surface area (Å²) in [6.45, 7) is 0.504. The van der Waals surface area contributed by atoms with E-state index >= 15 is 0 Å². The number of hydrogen-bond donors (Lipinski definition) is 1. The number of halogens is 2. The highest BCUT2D eigenvalue weighted by Gasteiger charge is 2.46. The number of carbonyl (C=O) groups is 1. The number of nitrogens with zero attached hydrogens (tertiary/aromatic N) is 2. The first-order chi connectivity index (χ1) is 14.0. The van der Waals surface area contributed by atoms with Crippen LogP contribution in [-0.2, 0) is 10.2 Å². The maximum atomic E-state index is 11.7. The van der Waals surface area contributed by atoms with Gasteiger partial charge in [0.25, 0.3) is 0 Å². The number of benzene rings is 3. The highest BCUT2D eigenvalue weighted by Crippen LogP contribution is 2.42. The van der Waals surface area contributed by atoms with Crippen molar-refractivity contribution in [1.29, 1.82) is 0 Å². The Bertz CT molecular complexity index is 1070. The third kappa shape index (κ3) is 3.74. The zero-order valence-electron chi connectivity index (χ0n) is 15.6. The molecule has 2 N–H and O–H groups in total. The Morgan fingerprint density at radius 2 is 1.62 bits per heavy atom. The van der Waals surface area contributed by atoms with Crippen molar-refractivity contribution in [3.05, 3.63) is 106 Å². The van der Waals surface area contributed by atoms with Crippen LogP contribution in [0.15, 0.2) is 84.0 Å². The van der Waals surface area contributed by atoms with Gasteiger partial charge in [0, 0.05) is 10.0 Å². The van der Waals surface area contributed by atoms with Gasteiger partial charge in [-0.2, -0.15) is 5.10 Å². The van der Waals surface area contributed by atoms with Gasteiger partial charge >= 0.3 is 0 Å². The molecule has 1 aliphatic heterocycles. The van der Waals surface area contributed by atoms with E-state index in [1.807, 2.05) is 66.7 Å². The van der Waals surface area contributed by atoms with E-state index in [2.05, 4.69) is 12.1 Å². The zero-order chi connectivity index (χ0) is 20.4. The lowest BCUT2D eigenvalue weighted by molar-refractivity contribution is -0.119. The smallest absolute Gasteiger partial charge is 0.238 e. The summed E-state index contributed by atoms with van der Waals surface area (Å²) >= 11 is 12.5. The summed E-state index contributed by atoms with van der Waals surface area (Å²) in [6, 6.07) is 25.4. The molecular formula is C23H19Cl2N3O. The lowest BCUT2D eigenvalue weighted by Crippen LogP contribution is -2.41. The molecule has 1 unspecified atom stereocenters. The van der Waals surface area contributed by atoms with Crippen molar-refractivity contribution in [2.75, 3.05) is 13.1 Å². The number of hydrazone groups is 1. The normalized spacial score (nSPS) is 18.6. The minimum absolute atomic E-state index is 0.0340. The maximum absolute atomic E-state index is 11.7. The molecule has 1 heterocycles. The van der Waals surface area contributed by atoms with Crippen molar-refractivity contribution >= 4 is 34.8 Å². The fourth-order valence-electron chi connectivity index (χ4n) is 3.89. The van der Waals surface area contributed by atoms with Crippen molar-refractivity contribution < 1.29 is 4.79 Å². The molecule has 1 amide bonds. The van der Waals surface area contributed by atoms with E-state index in [9.17, 15) is 4.79 Å². The van der Waals surface area contributed by atoms with Crippen LogP contribution in [0.5, 0.6) is 0 Å². The van der Waals surface area contributed by atoms with Crippen molar-refractivity contribution in [3.8, 4) is 0 Å². The van der Waals surface area contributed by atoms with Crippen LogP contribution in [0.25, 0.3) is 0 Å². The Morgan fingerprint density at radius 1 is 0.931 bits per heavy atom. The van der Waals surface area contributed by atoms with Gasteiger partial charge in [0.05, 0.1) is 17.7 Å². The molecule has 0 spiro atoms. The Labute approximate surface area is 179 Å². The quantitative estimate of drug-likeness (QED) is 0.657. The zero-order valence-corrected chi connectivity index (χ0v) is 17.1. The summed E-state index contributed by atoms with van der Waals surface area (Å²) in [4.78, 5) is 11.7. The standard InChI is InChI=1S/C23H19Cl2N3O/c24-19-11-9-16(10-12-19)22-23(17-5-2-1-3-6-17,15-28(27-22)14-21(26)29)18-7-4-8-20(25)13-18/h1-13H,14-15H2,(H2,26,29). The van der Waals surface area contributed by atoms with Gasteiger partial charge in [0.2, 0.25) is 5.91 Å². The summed E-state index contributed by atoms with van der Waals surface area (Å²) in [5.41, 5.74) is 8.66. The first-order valence-corrected chi connectivity index (χ1v) is 9.94. The lowest BCUT2D eigenvalue weighted by Gasteiger charge is -2.32. The second kappa shape index (κ2) is 7.90. The molecule has 0 aromatic heterocycles. The van der Waals surface area contributed by atoms with Gasteiger partial charge in [-0.25, -0.2) is 0 Å². The van der Waals surface area contributed by atoms with E-state index in [4.69, 9.17) is 34.0 Å². The Morgan fingerprint density at radius 3 is 2.28 bits per heavy atom. The van der Waals surface area contributed by atoms with E-state index in [1.165, 1.54) is 0 Å². The molecule has 0 saturated carbocycles. The van der Waals surface area contributed by atoms with E-state index in [0.717, 1.165) is 22.4 Å². The third-order valence-electron chi connectivity index (χ3n) is 5.11. The second-order valence-corrected chi connectivity index (χ2v) is 7.90. The second-order valence-electron chi connectivity index (χ2n) is 7.03. The molecule has 0 radical (unpaired) electrons. The minimum atomic E-state index is -0.616. The molecule has 1 atom stereocenters. The first-order valence-electron chi connectivity index (χ1n) is 9.19. The summed E-state index contributed by atoms with van der Waals surface area (Å²) in [6.07, 6.45) is 0. The average Bonchev–Trinajstić information content (AvgIpc) is 3.09. The average molecular weight is 424 g/mol. The van der Waals surface area contributed by atoms with E-state index in [1.54, 1.807) is 5.01 Å². The number of nitrogens with two attached hydrogens (primary N) is 1. The number of carbonyl (C=O) groups excluding carboxylic acids is 1. The van der Waals surface area contributed by atoms with Crippen LogP contribution in [0.4, 0.5) is 0 Å². The van der Waals surface area contributed by atoms with Crippen LogP contribution >= 0.6 is 23.2 Å². The third-order valence-corrected chi connectivity index (χ3v) is 5.59. The van der Waals surface area contributed by atoms with Gasteiger partial charge in [-0.3, -0.25) is 9.80 Å². The van der Waals surface area contributed by atoms with Gasteiger partial charge < -0.3 is 5.73 Å². The van der Waals surface area contributed by atoms with Gasteiger partial charge in [0.1, 0.15) is 6.54 Å². The fraction of sp³-hybridized carbons (Fsp3) is 0.130. The monoisotopic (exact) mass is 423 g/mol. The topological polar surface area (TPSA) is 58.7 Å². The minimum Gasteiger partial charge on any atom is -0.368 e. The van der Waals surface area contributed by atoms with E-state index < -0.39 is 11.3 Å². The number of hydrogen-bond acceptors (Lipinski definition) is 3. The SMILES string of the molecule is NC(=O)CN1CC(c2ccccc2)(c2cccc(Cl)c2)C(c2ccc(Cl)cc2)=N1. The van der Waals surface area contributed by atoms with Crippen molar-refractivity contribution in [2.24, 2.45) is 10.8 Å². The molecule has 146 valence electrons. The summed E-state index contributed by atoms with van der Waals surface area (Å²) < 4.78 is 0. The largest absolute Gasteiger partial charge is 0.368 e. The Hall–Kier alpha value is -2.82. The van der Waals surface area contributed by atoms with Crippen LogP contribution in [0, 0.1) is 0 Å². The Balaban J connectivity index is 1.97. The predicted octanol–water partition coefficient (Wildman–Crippen LogP) is 4.48. The summed E-state index contributed by atoms with van der Waals surface area (Å²) in [5.74, 6) is -0.431. The van der Waals surface area contributed by atoms with Crippen molar-refractivity contribution in [1.82, 2.24) is 5.01 Å². The molecule has 4 rings (SSSR count). The molecule has 29 heavy (non-hydrogen) atoms. The van der Waals surface area contributed by atoms with E-state index in [-0.39, 0.29) is 6.54 Å². The van der Waals surface area contributed by atoms with Crippen LogP contribution in [-0.4, -0.2) is 29.7 Å². The molecule has 3 aromatic carbocycles. The molecule has 1 aliphatic rings. The van der Waals surface area contributed by atoms with Gasteiger partial charge in [-0.15, -0.1) is 0 Å². The summed E-state index contributed by atoms with van der Waals surface area (Å²) in [5, 5.41) is 7.84. The van der Waals surface area contributed by atoms with Gasteiger partial charge in [-0.1, -0.05) is 77.8 Å².